The van der Waals surface area contributed by atoms with Gasteiger partial charge in [-0.3, -0.25) is 0 Å². The van der Waals surface area contributed by atoms with Crippen molar-refractivity contribution in [1.29, 1.82) is 0 Å². The summed E-state index contributed by atoms with van der Waals surface area (Å²) in [4.78, 5) is 0. The van der Waals surface area contributed by atoms with E-state index in [9.17, 15) is 5.11 Å². The van der Waals surface area contributed by atoms with Crippen LogP contribution in [0.4, 0.5) is 0 Å². The molecule has 3 atom stereocenters. The van der Waals surface area contributed by atoms with Gasteiger partial charge in [0.05, 0.1) is 6.10 Å². The predicted molar refractivity (Wildman–Crippen MR) is 72.3 cm³/mol. The zero-order valence-corrected chi connectivity index (χ0v) is 11.4. The van der Waals surface area contributed by atoms with E-state index in [2.05, 4.69) is 6.92 Å². The normalized spacial score (nSPS) is 26.8. The highest BCUT2D eigenvalue weighted by atomic mass is 35.5. The number of rotatable bonds is 2. The number of aryl methyl sites for hydroxylation is 1. The molecule has 1 aliphatic carbocycles. The van der Waals surface area contributed by atoms with Crippen molar-refractivity contribution in [2.45, 2.75) is 45.6 Å². The monoisotopic (exact) mass is 252 g/mol. The van der Waals surface area contributed by atoms with Crippen molar-refractivity contribution in [3.8, 4) is 0 Å². The topological polar surface area (TPSA) is 20.2 Å². The van der Waals surface area contributed by atoms with Gasteiger partial charge in [-0.25, -0.2) is 0 Å². The Balaban J connectivity index is 2.15. The standard InChI is InChI=1S/C15H21ClO/c1-10-4-3-5-12(8-10)15(17)14-7-6-13(16)9-11(14)2/h6-7,9-10,12,15,17H,3-5,8H2,1-2H3. The van der Waals surface area contributed by atoms with Gasteiger partial charge >= 0.3 is 0 Å². The van der Waals surface area contributed by atoms with Crippen LogP contribution >= 0.6 is 11.6 Å². The number of benzene rings is 1. The van der Waals surface area contributed by atoms with Crippen LogP contribution in [-0.2, 0) is 0 Å². The van der Waals surface area contributed by atoms with E-state index in [4.69, 9.17) is 11.6 Å². The Hall–Kier alpha value is -0.530. The van der Waals surface area contributed by atoms with Gasteiger partial charge in [0.15, 0.2) is 0 Å². The summed E-state index contributed by atoms with van der Waals surface area (Å²) in [5.74, 6) is 1.16. The highest BCUT2D eigenvalue weighted by Crippen LogP contribution is 2.38. The van der Waals surface area contributed by atoms with Gasteiger partial charge in [0.25, 0.3) is 0 Å². The Bertz CT molecular complexity index is 389. The van der Waals surface area contributed by atoms with Crippen LogP contribution in [0.25, 0.3) is 0 Å². The minimum atomic E-state index is -0.324. The third kappa shape index (κ3) is 3.02. The van der Waals surface area contributed by atoms with E-state index in [-0.39, 0.29) is 6.10 Å². The van der Waals surface area contributed by atoms with E-state index in [1.165, 1.54) is 12.8 Å². The molecule has 1 aromatic rings. The molecule has 0 bridgehead atoms. The van der Waals surface area contributed by atoms with E-state index in [0.29, 0.717) is 5.92 Å². The van der Waals surface area contributed by atoms with Crippen LogP contribution < -0.4 is 0 Å². The number of aliphatic hydroxyl groups excluding tert-OH is 1. The molecular weight excluding hydrogens is 232 g/mol. The first-order chi connectivity index (χ1) is 8.08. The van der Waals surface area contributed by atoms with Gasteiger partial charge in [0.2, 0.25) is 0 Å². The Morgan fingerprint density at radius 1 is 1.35 bits per heavy atom. The third-order valence-electron chi connectivity index (χ3n) is 3.97. The molecule has 17 heavy (non-hydrogen) atoms. The molecule has 3 unspecified atom stereocenters. The highest BCUT2D eigenvalue weighted by molar-refractivity contribution is 6.30. The molecule has 0 saturated heterocycles. The van der Waals surface area contributed by atoms with Crippen molar-refractivity contribution in [3.05, 3.63) is 34.3 Å². The Labute approximate surface area is 109 Å². The quantitative estimate of drug-likeness (QED) is 0.821. The second-order valence-corrected chi connectivity index (χ2v) is 5.91. The molecule has 0 heterocycles. The number of hydrogen-bond acceptors (Lipinski definition) is 1. The zero-order chi connectivity index (χ0) is 12.4. The van der Waals surface area contributed by atoms with Crippen molar-refractivity contribution in [2.24, 2.45) is 11.8 Å². The third-order valence-corrected chi connectivity index (χ3v) is 4.21. The minimum Gasteiger partial charge on any atom is -0.388 e. The van der Waals surface area contributed by atoms with Gasteiger partial charge in [0.1, 0.15) is 0 Å². The van der Waals surface area contributed by atoms with Crippen molar-refractivity contribution in [2.75, 3.05) is 0 Å². The number of halogens is 1. The molecule has 0 aromatic heterocycles. The van der Waals surface area contributed by atoms with Crippen LogP contribution in [0.15, 0.2) is 18.2 Å². The summed E-state index contributed by atoms with van der Waals surface area (Å²) in [6.45, 7) is 4.31. The van der Waals surface area contributed by atoms with Crippen LogP contribution in [0.1, 0.15) is 49.8 Å². The van der Waals surface area contributed by atoms with Crippen LogP contribution in [0.5, 0.6) is 0 Å². The van der Waals surface area contributed by atoms with E-state index < -0.39 is 0 Å². The smallest absolute Gasteiger partial charge is 0.0820 e. The predicted octanol–water partition coefficient (Wildman–Crippen LogP) is 4.51. The fourth-order valence-corrected chi connectivity index (χ4v) is 3.22. The SMILES string of the molecule is Cc1cc(Cl)ccc1C(O)C1CCCC(C)C1. The molecule has 2 rings (SSSR count). The second kappa shape index (κ2) is 5.41. The number of aliphatic hydroxyl groups is 1. The molecule has 1 fully saturated rings. The molecular formula is C15H21ClO. The Kier molecular flexibility index (Phi) is 4.11. The van der Waals surface area contributed by atoms with Crippen molar-refractivity contribution >= 4 is 11.6 Å². The molecule has 0 aliphatic heterocycles. The van der Waals surface area contributed by atoms with E-state index in [1.54, 1.807) is 0 Å². The van der Waals surface area contributed by atoms with Crippen LogP contribution in [0, 0.1) is 18.8 Å². The maximum atomic E-state index is 10.5. The number of hydrogen-bond donors (Lipinski definition) is 1. The van der Waals surface area contributed by atoms with Gasteiger partial charge in [-0.05, 0) is 54.9 Å². The largest absolute Gasteiger partial charge is 0.388 e. The van der Waals surface area contributed by atoms with Gasteiger partial charge in [-0.15, -0.1) is 0 Å². The fourth-order valence-electron chi connectivity index (χ4n) is 2.99. The molecule has 94 valence electrons. The summed E-state index contributed by atoms with van der Waals surface area (Å²) < 4.78 is 0. The van der Waals surface area contributed by atoms with E-state index in [1.807, 2.05) is 25.1 Å². The average molecular weight is 253 g/mol. The van der Waals surface area contributed by atoms with Gasteiger partial charge < -0.3 is 5.11 Å². The van der Waals surface area contributed by atoms with Gasteiger partial charge in [-0.2, -0.15) is 0 Å². The molecule has 1 saturated carbocycles. The highest BCUT2D eigenvalue weighted by Gasteiger charge is 2.27. The Morgan fingerprint density at radius 2 is 2.12 bits per heavy atom. The lowest BCUT2D eigenvalue weighted by molar-refractivity contribution is 0.0709. The molecule has 1 aromatic carbocycles. The van der Waals surface area contributed by atoms with E-state index >= 15 is 0 Å². The second-order valence-electron chi connectivity index (χ2n) is 5.48. The van der Waals surface area contributed by atoms with Crippen LogP contribution in [0.3, 0.4) is 0 Å². The molecule has 1 N–H and O–H groups in total. The summed E-state index contributed by atoms with van der Waals surface area (Å²) in [6.07, 6.45) is 4.52. The fraction of sp³-hybridized carbons (Fsp3) is 0.600. The molecule has 0 spiro atoms. The molecule has 1 aliphatic rings. The lowest BCUT2D eigenvalue weighted by Crippen LogP contribution is -2.20. The van der Waals surface area contributed by atoms with Crippen LogP contribution in [-0.4, -0.2) is 5.11 Å². The molecule has 2 heteroatoms. The maximum absolute atomic E-state index is 10.5. The zero-order valence-electron chi connectivity index (χ0n) is 10.6. The van der Waals surface area contributed by atoms with Crippen molar-refractivity contribution in [3.63, 3.8) is 0 Å². The van der Waals surface area contributed by atoms with Crippen molar-refractivity contribution < 1.29 is 5.11 Å². The first-order valence-corrected chi connectivity index (χ1v) is 6.90. The maximum Gasteiger partial charge on any atom is 0.0820 e. The molecule has 0 radical (unpaired) electrons. The van der Waals surface area contributed by atoms with Gasteiger partial charge in [0, 0.05) is 5.02 Å². The van der Waals surface area contributed by atoms with Crippen LogP contribution in [0.2, 0.25) is 5.02 Å². The lowest BCUT2D eigenvalue weighted by Gasteiger charge is -2.31. The first kappa shape index (κ1) is 12.9. The first-order valence-electron chi connectivity index (χ1n) is 6.52. The summed E-state index contributed by atoms with van der Waals surface area (Å²) in [5, 5.41) is 11.2. The van der Waals surface area contributed by atoms with E-state index in [0.717, 1.165) is 34.9 Å². The Morgan fingerprint density at radius 3 is 2.76 bits per heavy atom. The average Bonchev–Trinajstić information content (AvgIpc) is 2.28. The summed E-state index contributed by atoms with van der Waals surface area (Å²) in [6, 6.07) is 5.79. The minimum absolute atomic E-state index is 0.324. The molecule has 1 nitrogen and oxygen atoms in total. The lowest BCUT2D eigenvalue weighted by atomic mass is 9.77. The van der Waals surface area contributed by atoms with Crippen molar-refractivity contribution in [1.82, 2.24) is 0 Å². The summed E-state index contributed by atoms with van der Waals surface area (Å²) in [7, 11) is 0. The summed E-state index contributed by atoms with van der Waals surface area (Å²) in [5.41, 5.74) is 2.15. The summed E-state index contributed by atoms with van der Waals surface area (Å²) >= 11 is 5.95. The molecule has 0 amide bonds. The van der Waals surface area contributed by atoms with Gasteiger partial charge in [-0.1, -0.05) is 37.4 Å².